The van der Waals surface area contributed by atoms with Crippen LogP contribution in [0.2, 0.25) is 0 Å². The van der Waals surface area contributed by atoms with Crippen LogP contribution in [0.1, 0.15) is 22.7 Å². The van der Waals surface area contributed by atoms with Crippen molar-refractivity contribution < 1.29 is 5.11 Å². The standard InChI is InChI=1S/C17H24N4OS/c1-13-20-15(12-23-13)11-21(3)17(18-2)19-10-4-5-14-6-8-16(22)9-7-14/h6-9,12,22H,4-5,10-11H2,1-3H3,(H,18,19). The number of phenols is 1. The Bertz CT molecular complexity index is 636. The molecule has 0 spiro atoms. The Morgan fingerprint density at radius 3 is 2.70 bits per heavy atom. The molecule has 0 saturated carbocycles. The summed E-state index contributed by atoms with van der Waals surface area (Å²) in [5.74, 6) is 1.19. The third-order valence-electron chi connectivity index (χ3n) is 3.50. The highest BCUT2D eigenvalue weighted by Crippen LogP contribution is 2.11. The van der Waals surface area contributed by atoms with Crippen LogP contribution in [0.5, 0.6) is 5.75 Å². The second-order valence-electron chi connectivity index (χ2n) is 5.46. The predicted octanol–water partition coefficient (Wildman–Crippen LogP) is 2.80. The summed E-state index contributed by atoms with van der Waals surface area (Å²) in [7, 11) is 3.81. The average Bonchev–Trinajstić information content (AvgIpc) is 2.94. The summed E-state index contributed by atoms with van der Waals surface area (Å²) in [5.41, 5.74) is 2.30. The fraction of sp³-hybridized carbons (Fsp3) is 0.412. The Balaban J connectivity index is 1.75. The molecule has 124 valence electrons. The van der Waals surface area contributed by atoms with Crippen LogP contribution < -0.4 is 5.32 Å². The molecular weight excluding hydrogens is 308 g/mol. The summed E-state index contributed by atoms with van der Waals surface area (Å²) < 4.78 is 0. The van der Waals surface area contributed by atoms with Gasteiger partial charge < -0.3 is 15.3 Å². The van der Waals surface area contributed by atoms with Crippen molar-refractivity contribution in [1.82, 2.24) is 15.2 Å². The van der Waals surface area contributed by atoms with E-state index < -0.39 is 0 Å². The molecule has 0 amide bonds. The smallest absolute Gasteiger partial charge is 0.193 e. The van der Waals surface area contributed by atoms with E-state index in [4.69, 9.17) is 0 Å². The zero-order valence-corrected chi connectivity index (χ0v) is 14.7. The lowest BCUT2D eigenvalue weighted by Crippen LogP contribution is -2.39. The number of rotatable bonds is 6. The predicted molar refractivity (Wildman–Crippen MR) is 96.1 cm³/mol. The molecule has 0 radical (unpaired) electrons. The zero-order chi connectivity index (χ0) is 16.7. The third kappa shape index (κ3) is 5.56. The number of aryl methyl sites for hydroxylation is 2. The molecular formula is C17H24N4OS. The van der Waals surface area contributed by atoms with Crippen molar-refractivity contribution in [3.8, 4) is 5.75 Å². The first kappa shape index (κ1) is 17.3. The van der Waals surface area contributed by atoms with Crippen molar-refractivity contribution in [2.75, 3.05) is 20.6 Å². The largest absolute Gasteiger partial charge is 0.508 e. The van der Waals surface area contributed by atoms with Gasteiger partial charge in [0.05, 0.1) is 17.2 Å². The number of phenolic OH excluding ortho intramolecular Hbond substituents is 1. The van der Waals surface area contributed by atoms with Crippen molar-refractivity contribution in [2.45, 2.75) is 26.3 Å². The lowest BCUT2D eigenvalue weighted by atomic mass is 10.1. The molecule has 2 N–H and O–H groups in total. The summed E-state index contributed by atoms with van der Waals surface area (Å²) in [6, 6.07) is 7.37. The maximum Gasteiger partial charge on any atom is 0.193 e. The molecule has 0 aliphatic heterocycles. The number of aliphatic imine (C=N–C) groups is 1. The van der Waals surface area contributed by atoms with Crippen LogP contribution in [-0.4, -0.2) is 41.6 Å². The first-order valence-corrected chi connectivity index (χ1v) is 8.57. The molecule has 1 heterocycles. The fourth-order valence-electron chi connectivity index (χ4n) is 2.34. The Morgan fingerprint density at radius 1 is 1.35 bits per heavy atom. The number of thiazole rings is 1. The lowest BCUT2D eigenvalue weighted by Gasteiger charge is -2.21. The van der Waals surface area contributed by atoms with Gasteiger partial charge in [-0.25, -0.2) is 4.98 Å². The summed E-state index contributed by atoms with van der Waals surface area (Å²) >= 11 is 1.67. The summed E-state index contributed by atoms with van der Waals surface area (Å²) in [6.45, 7) is 3.63. The number of nitrogens with zero attached hydrogens (tertiary/aromatic N) is 3. The van der Waals surface area contributed by atoms with E-state index in [1.807, 2.05) is 26.1 Å². The molecule has 5 nitrogen and oxygen atoms in total. The average molecular weight is 332 g/mol. The molecule has 23 heavy (non-hydrogen) atoms. The molecule has 0 saturated heterocycles. The van der Waals surface area contributed by atoms with E-state index in [2.05, 4.69) is 25.6 Å². The summed E-state index contributed by atoms with van der Waals surface area (Å²) in [6.07, 6.45) is 1.98. The Hall–Kier alpha value is -2.08. The van der Waals surface area contributed by atoms with Gasteiger partial charge in [0.1, 0.15) is 5.75 Å². The van der Waals surface area contributed by atoms with Gasteiger partial charge >= 0.3 is 0 Å². The van der Waals surface area contributed by atoms with Crippen LogP contribution >= 0.6 is 11.3 Å². The van der Waals surface area contributed by atoms with Gasteiger partial charge in [-0.1, -0.05) is 12.1 Å². The van der Waals surface area contributed by atoms with E-state index in [0.29, 0.717) is 5.75 Å². The Kier molecular flexibility index (Phi) is 6.40. The molecule has 0 atom stereocenters. The summed E-state index contributed by atoms with van der Waals surface area (Å²) in [4.78, 5) is 10.9. The van der Waals surface area contributed by atoms with E-state index in [1.165, 1.54) is 5.56 Å². The number of hydrogen-bond acceptors (Lipinski definition) is 4. The Morgan fingerprint density at radius 2 is 2.09 bits per heavy atom. The monoisotopic (exact) mass is 332 g/mol. The van der Waals surface area contributed by atoms with Crippen LogP contribution in [0, 0.1) is 6.92 Å². The quantitative estimate of drug-likeness (QED) is 0.485. The maximum absolute atomic E-state index is 9.28. The number of aromatic hydroxyl groups is 1. The van der Waals surface area contributed by atoms with Crippen molar-refractivity contribution in [3.05, 3.63) is 45.9 Å². The molecule has 0 fully saturated rings. The van der Waals surface area contributed by atoms with Crippen LogP contribution in [0.4, 0.5) is 0 Å². The van der Waals surface area contributed by atoms with Gasteiger partial charge in [-0.15, -0.1) is 11.3 Å². The molecule has 1 aromatic heterocycles. The van der Waals surface area contributed by atoms with Gasteiger partial charge in [0.2, 0.25) is 0 Å². The first-order chi connectivity index (χ1) is 11.1. The van der Waals surface area contributed by atoms with Gasteiger partial charge in [-0.3, -0.25) is 4.99 Å². The fourth-order valence-corrected chi connectivity index (χ4v) is 2.94. The minimum absolute atomic E-state index is 0.311. The minimum atomic E-state index is 0.311. The SMILES string of the molecule is CN=C(NCCCc1ccc(O)cc1)N(C)Cc1csc(C)n1. The number of nitrogens with one attached hydrogen (secondary N) is 1. The number of hydrogen-bond donors (Lipinski definition) is 2. The normalized spacial score (nSPS) is 11.5. The van der Waals surface area contributed by atoms with Crippen molar-refractivity contribution in [3.63, 3.8) is 0 Å². The molecule has 2 rings (SSSR count). The van der Waals surface area contributed by atoms with Gasteiger partial charge in [0.15, 0.2) is 5.96 Å². The van der Waals surface area contributed by atoms with Crippen LogP contribution in [-0.2, 0) is 13.0 Å². The molecule has 6 heteroatoms. The molecule has 2 aromatic rings. The van der Waals surface area contributed by atoms with E-state index in [-0.39, 0.29) is 0 Å². The topological polar surface area (TPSA) is 60.8 Å². The highest BCUT2D eigenvalue weighted by atomic mass is 32.1. The molecule has 0 unspecified atom stereocenters. The van der Waals surface area contributed by atoms with Gasteiger partial charge in [-0.05, 0) is 37.5 Å². The van der Waals surface area contributed by atoms with Crippen molar-refractivity contribution in [1.29, 1.82) is 0 Å². The highest BCUT2D eigenvalue weighted by Gasteiger charge is 2.08. The molecule has 0 bridgehead atoms. The summed E-state index contributed by atoms with van der Waals surface area (Å²) in [5, 5.41) is 15.8. The van der Waals surface area contributed by atoms with E-state index in [1.54, 1.807) is 30.5 Å². The van der Waals surface area contributed by atoms with E-state index >= 15 is 0 Å². The highest BCUT2D eigenvalue weighted by molar-refractivity contribution is 7.09. The van der Waals surface area contributed by atoms with Gasteiger partial charge in [0, 0.05) is 26.0 Å². The van der Waals surface area contributed by atoms with E-state index in [9.17, 15) is 5.11 Å². The van der Waals surface area contributed by atoms with Crippen molar-refractivity contribution >= 4 is 17.3 Å². The Labute approximate surface area is 141 Å². The number of aromatic nitrogens is 1. The van der Waals surface area contributed by atoms with Crippen molar-refractivity contribution in [2.24, 2.45) is 4.99 Å². The first-order valence-electron chi connectivity index (χ1n) is 7.69. The molecule has 0 aliphatic carbocycles. The second-order valence-corrected chi connectivity index (χ2v) is 6.52. The number of guanidine groups is 1. The minimum Gasteiger partial charge on any atom is -0.508 e. The third-order valence-corrected chi connectivity index (χ3v) is 4.32. The van der Waals surface area contributed by atoms with Crippen LogP contribution in [0.3, 0.4) is 0 Å². The maximum atomic E-state index is 9.28. The molecule has 1 aromatic carbocycles. The van der Waals surface area contributed by atoms with E-state index in [0.717, 1.165) is 42.6 Å². The zero-order valence-electron chi connectivity index (χ0n) is 13.9. The van der Waals surface area contributed by atoms with Crippen LogP contribution in [0.15, 0.2) is 34.6 Å². The number of benzene rings is 1. The van der Waals surface area contributed by atoms with Gasteiger partial charge in [-0.2, -0.15) is 0 Å². The lowest BCUT2D eigenvalue weighted by molar-refractivity contribution is 0.469. The van der Waals surface area contributed by atoms with Gasteiger partial charge in [0.25, 0.3) is 0 Å². The van der Waals surface area contributed by atoms with Crippen LogP contribution in [0.25, 0.3) is 0 Å². The molecule has 0 aliphatic rings. The second kappa shape index (κ2) is 8.53.